The number of rotatable bonds is 8. The second-order valence-corrected chi connectivity index (χ2v) is 5.51. The zero-order chi connectivity index (χ0) is 13.4. The van der Waals surface area contributed by atoms with Crippen LogP contribution in [-0.2, 0) is 10.3 Å². The molecule has 0 saturated carbocycles. The van der Waals surface area contributed by atoms with Gasteiger partial charge in [0.15, 0.2) is 0 Å². The first kappa shape index (κ1) is 15.1. The number of likely N-dealkylation sites (N-methyl/N-ethyl adjacent to an activating group) is 1. The van der Waals surface area contributed by atoms with Crippen LogP contribution < -0.4 is 11.1 Å². The van der Waals surface area contributed by atoms with Crippen molar-refractivity contribution in [1.29, 1.82) is 0 Å². The van der Waals surface area contributed by atoms with Crippen LogP contribution in [0.15, 0.2) is 30.3 Å². The monoisotopic (exact) mass is 266 g/mol. The van der Waals surface area contributed by atoms with E-state index < -0.39 is 5.54 Å². The first-order chi connectivity index (χ1) is 8.67. The Morgan fingerprint density at radius 3 is 2.50 bits per heavy atom. The van der Waals surface area contributed by atoms with Gasteiger partial charge in [-0.1, -0.05) is 44.2 Å². The van der Waals surface area contributed by atoms with Crippen molar-refractivity contribution >= 4 is 17.7 Å². The Morgan fingerprint density at radius 2 is 2.00 bits per heavy atom. The third-order valence-corrected chi connectivity index (χ3v) is 3.89. The molecule has 4 heteroatoms. The zero-order valence-corrected chi connectivity index (χ0v) is 11.9. The molecule has 18 heavy (non-hydrogen) atoms. The first-order valence-electron chi connectivity index (χ1n) is 6.35. The third-order valence-electron chi connectivity index (χ3n) is 2.99. The van der Waals surface area contributed by atoms with E-state index in [1.807, 2.05) is 49.0 Å². The van der Waals surface area contributed by atoms with Crippen molar-refractivity contribution in [3.8, 4) is 0 Å². The molecule has 0 aliphatic heterocycles. The summed E-state index contributed by atoms with van der Waals surface area (Å²) in [5, 5.41) is 3.28. The van der Waals surface area contributed by atoms with E-state index in [9.17, 15) is 4.79 Å². The fraction of sp³-hybridized carbons (Fsp3) is 0.500. The summed E-state index contributed by atoms with van der Waals surface area (Å²) >= 11 is 1.83. The average molecular weight is 266 g/mol. The SMILES string of the molecule is CCNC(CCSCC)(C(N)=O)c1ccccc1. The highest BCUT2D eigenvalue weighted by atomic mass is 32.2. The van der Waals surface area contributed by atoms with E-state index >= 15 is 0 Å². The molecule has 1 rings (SSSR count). The average Bonchev–Trinajstić information content (AvgIpc) is 2.38. The van der Waals surface area contributed by atoms with Crippen molar-refractivity contribution in [3.05, 3.63) is 35.9 Å². The quantitative estimate of drug-likeness (QED) is 0.709. The van der Waals surface area contributed by atoms with Crippen molar-refractivity contribution in [2.45, 2.75) is 25.8 Å². The summed E-state index contributed by atoms with van der Waals surface area (Å²) in [4.78, 5) is 12.0. The second-order valence-electron chi connectivity index (χ2n) is 4.11. The van der Waals surface area contributed by atoms with Crippen molar-refractivity contribution in [3.63, 3.8) is 0 Å². The van der Waals surface area contributed by atoms with Crippen LogP contribution in [0.3, 0.4) is 0 Å². The van der Waals surface area contributed by atoms with Gasteiger partial charge in [-0.25, -0.2) is 0 Å². The van der Waals surface area contributed by atoms with Crippen molar-refractivity contribution in [2.24, 2.45) is 5.73 Å². The molecule has 0 fully saturated rings. The Bertz CT molecular complexity index is 369. The van der Waals surface area contributed by atoms with Gasteiger partial charge in [-0.2, -0.15) is 11.8 Å². The minimum Gasteiger partial charge on any atom is -0.368 e. The molecule has 0 aliphatic carbocycles. The lowest BCUT2D eigenvalue weighted by atomic mass is 9.86. The normalized spacial score (nSPS) is 14.1. The number of carbonyl (C=O) groups is 1. The van der Waals surface area contributed by atoms with Gasteiger partial charge in [0.2, 0.25) is 5.91 Å². The van der Waals surface area contributed by atoms with Gasteiger partial charge >= 0.3 is 0 Å². The Balaban J connectivity index is 3.01. The van der Waals surface area contributed by atoms with Crippen molar-refractivity contribution in [1.82, 2.24) is 5.32 Å². The number of thioether (sulfide) groups is 1. The molecule has 1 atom stereocenters. The number of nitrogens with one attached hydrogen (secondary N) is 1. The van der Waals surface area contributed by atoms with Gasteiger partial charge in [0.25, 0.3) is 0 Å². The van der Waals surface area contributed by atoms with Gasteiger partial charge in [0, 0.05) is 0 Å². The fourth-order valence-corrected chi connectivity index (χ4v) is 2.82. The van der Waals surface area contributed by atoms with Crippen LogP contribution in [-0.4, -0.2) is 24.0 Å². The summed E-state index contributed by atoms with van der Waals surface area (Å²) in [6, 6.07) is 9.75. The molecule has 1 amide bonds. The molecule has 1 aromatic rings. The zero-order valence-electron chi connectivity index (χ0n) is 11.1. The molecule has 0 bridgehead atoms. The van der Waals surface area contributed by atoms with Gasteiger partial charge in [0.1, 0.15) is 5.54 Å². The van der Waals surface area contributed by atoms with Gasteiger partial charge in [0.05, 0.1) is 0 Å². The van der Waals surface area contributed by atoms with E-state index in [4.69, 9.17) is 5.73 Å². The van der Waals surface area contributed by atoms with E-state index in [0.717, 1.165) is 23.5 Å². The Hall–Kier alpha value is -1.00. The summed E-state index contributed by atoms with van der Waals surface area (Å²) in [5.41, 5.74) is 5.88. The predicted octanol–water partition coefficient (Wildman–Crippen LogP) is 2.12. The van der Waals surface area contributed by atoms with Gasteiger partial charge in [-0.15, -0.1) is 0 Å². The van der Waals surface area contributed by atoms with E-state index in [2.05, 4.69) is 12.2 Å². The molecular formula is C14H22N2OS. The molecule has 0 heterocycles. The maximum absolute atomic E-state index is 12.0. The molecule has 0 spiro atoms. The van der Waals surface area contributed by atoms with E-state index in [1.165, 1.54) is 0 Å². The van der Waals surface area contributed by atoms with Crippen LogP contribution in [0.1, 0.15) is 25.8 Å². The van der Waals surface area contributed by atoms with E-state index in [0.29, 0.717) is 6.54 Å². The van der Waals surface area contributed by atoms with Gasteiger partial charge in [-0.3, -0.25) is 10.1 Å². The summed E-state index contributed by atoms with van der Waals surface area (Å²) in [6.45, 7) is 4.83. The first-order valence-corrected chi connectivity index (χ1v) is 7.51. The van der Waals surface area contributed by atoms with Crippen LogP contribution in [0.4, 0.5) is 0 Å². The highest BCUT2D eigenvalue weighted by molar-refractivity contribution is 7.99. The summed E-state index contributed by atoms with van der Waals surface area (Å²) < 4.78 is 0. The molecule has 0 aliphatic rings. The lowest BCUT2D eigenvalue weighted by molar-refractivity contribution is -0.124. The van der Waals surface area contributed by atoms with Crippen LogP contribution in [0, 0.1) is 0 Å². The number of benzene rings is 1. The molecule has 1 unspecified atom stereocenters. The molecule has 3 nitrogen and oxygen atoms in total. The number of amides is 1. The largest absolute Gasteiger partial charge is 0.368 e. The number of nitrogens with two attached hydrogens (primary N) is 1. The van der Waals surface area contributed by atoms with Crippen LogP contribution >= 0.6 is 11.8 Å². The Kier molecular flexibility index (Phi) is 6.22. The highest BCUT2D eigenvalue weighted by Gasteiger charge is 2.36. The molecule has 0 radical (unpaired) electrons. The number of primary amides is 1. The van der Waals surface area contributed by atoms with Crippen molar-refractivity contribution in [2.75, 3.05) is 18.1 Å². The number of hydrogen-bond donors (Lipinski definition) is 2. The summed E-state index contributed by atoms with van der Waals surface area (Å²) in [5.74, 6) is 1.67. The number of carbonyl (C=O) groups excluding carboxylic acids is 1. The predicted molar refractivity (Wildman–Crippen MR) is 78.6 cm³/mol. The minimum atomic E-state index is -0.738. The Labute approximate surface area is 114 Å². The van der Waals surface area contributed by atoms with Crippen LogP contribution in [0.5, 0.6) is 0 Å². The molecular weight excluding hydrogens is 244 g/mol. The maximum atomic E-state index is 12.0. The molecule has 1 aromatic carbocycles. The minimum absolute atomic E-state index is 0.299. The molecule has 0 aromatic heterocycles. The number of hydrogen-bond acceptors (Lipinski definition) is 3. The topological polar surface area (TPSA) is 55.1 Å². The molecule has 100 valence electrons. The van der Waals surface area contributed by atoms with Crippen LogP contribution in [0.25, 0.3) is 0 Å². The van der Waals surface area contributed by atoms with Gasteiger partial charge in [-0.05, 0) is 30.0 Å². The smallest absolute Gasteiger partial charge is 0.242 e. The third kappa shape index (κ3) is 3.50. The van der Waals surface area contributed by atoms with Gasteiger partial charge < -0.3 is 5.73 Å². The second kappa shape index (κ2) is 7.44. The Morgan fingerprint density at radius 1 is 1.33 bits per heavy atom. The van der Waals surface area contributed by atoms with E-state index in [-0.39, 0.29) is 5.91 Å². The van der Waals surface area contributed by atoms with E-state index in [1.54, 1.807) is 0 Å². The maximum Gasteiger partial charge on any atom is 0.242 e. The molecule has 3 N–H and O–H groups in total. The molecule has 0 saturated heterocycles. The summed E-state index contributed by atoms with van der Waals surface area (Å²) in [6.07, 6.45) is 0.721. The fourth-order valence-electron chi connectivity index (χ4n) is 2.08. The van der Waals surface area contributed by atoms with Crippen LogP contribution in [0.2, 0.25) is 0 Å². The lowest BCUT2D eigenvalue weighted by Crippen LogP contribution is -2.53. The van der Waals surface area contributed by atoms with Crippen molar-refractivity contribution < 1.29 is 4.79 Å². The summed E-state index contributed by atoms with van der Waals surface area (Å²) in [7, 11) is 0. The lowest BCUT2D eigenvalue weighted by Gasteiger charge is -2.32. The standard InChI is InChI=1S/C14H22N2OS/c1-3-16-14(13(15)17,10-11-18-4-2)12-8-6-5-7-9-12/h5-9,16H,3-4,10-11H2,1-2H3,(H2,15,17). The highest BCUT2D eigenvalue weighted by Crippen LogP contribution is 2.26.